The first-order valence-electron chi connectivity index (χ1n) is 6.83. The minimum atomic E-state index is -0.164. The van der Waals surface area contributed by atoms with Crippen molar-refractivity contribution in [2.24, 2.45) is 0 Å². The molecule has 0 heterocycles. The minimum absolute atomic E-state index is 0.0569. The van der Waals surface area contributed by atoms with Gasteiger partial charge in [-0.05, 0) is 50.8 Å². The van der Waals surface area contributed by atoms with E-state index in [1.54, 1.807) is 4.90 Å². The van der Waals surface area contributed by atoms with Gasteiger partial charge in [-0.25, -0.2) is 0 Å². The number of nitrogens with zero attached hydrogens (tertiary/aromatic N) is 1. The minimum Gasteiger partial charge on any atom is -0.337 e. The Bertz CT molecular complexity index is 475. The van der Waals surface area contributed by atoms with E-state index in [0.717, 1.165) is 11.1 Å². The maximum absolute atomic E-state index is 12.5. The summed E-state index contributed by atoms with van der Waals surface area (Å²) in [5, 5.41) is 0. The van der Waals surface area contributed by atoms with Crippen LogP contribution < -0.4 is 0 Å². The van der Waals surface area contributed by atoms with Crippen LogP contribution in [0.3, 0.4) is 0 Å². The van der Waals surface area contributed by atoms with Gasteiger partial charge in [-0.1, -0.05) is 32.4 Å². The summed E-state index contributed by atoms with van der Waals surface area (Å²) >= 11 is 0. The summed E-state index contributed by atoms with van der Waals surface area (Å²) in [4.78, 5) is 14.3. The van der Waals surface area contributed by atoms with Crippen molar-refractivity contribution in [3.05, 3.63) is 34.9 Å². The van der Waals surface area contributed by atoms with Crippen LogP contribution in [0.25, 0.3) is 0 Å². The second-order valence-corrected chi connectivity index (χ2v) is 7.37. The predicted octanol–water partition coefficient (Wildman–Crippen LogP) is 4.16. The summed E-state index contributed by atoms with van der Waals surface area (Å²) in [5.74, 6) is 0.0849. The number of aryl methyl sites for hydroxylation is 1. The van der Waals surface area contributed by atoms with Crippen molar-refractivity contribution in [3.8, 4) is 0 Å². The van der Waals surface area contributed by atoms with E-state index in [9.17, 15) is 4.79 Å². The lowest BCUT2D eigenvalue weighted by Crippen LogP contribution is -2.42. The maximum atomic E-state index is 12.5. The average Bonchev–Trinajstić information content (AvgIpc) is 2.23. The van der Waals surface area contributed by atoms with Gasteiger partial charge in [-0.15, -0.1) is 0 Å². The largest absolute Gasteiger partial charge is 0.337 e. The normalized spacial score (nSPS) is 12.4. The highest BCUT2D eigenvalue weighted by atomic mass is 16.2. The summed E-state index contributed by atoms with van der Waals surface area (Å²) in [5.41, 5.74) is 3.02. The van der Waals surface area contributed by atoms with E-state index < -0.39 is 0 Å². The molecule has 0 aromatic heterocycles. The van der Waals surface area contributed by atoms with Gasteiger partial charge < -0.3 is 4.90 Å². The lowest BCUT2D eigenvalue weighted by molar-refractivity contribution is 0.0655. The Hall–Kier alpha value is -1.31. The Morgan fingerprint density at radius 3 is 1.95 bits per heavy atom. The van der Waals surface area contributed by atoms with Crippen LogP contribution in [0.5, 0.6) is 0 Å². The van der Waals surface area contributed by atoms with Crippen molar-refractivity contribution in [3.63, 3.8) is 0 Å². The van der Waals surface area contributed by atoms with E-state index >= 15 is 0 Å². The highest BCUT2D eigenvalue weighted by Crippen LogP contribution is 2.25. The quantitative estimate of drug-likeness (QED) is 0.743. The number of benzene rings is 1. The second kappa shape index (κ2) is 4.99. The lowest BCUT2D eigenvalue weighted by Gasteiger charge is -2.32. The number of hydrogen-bond donors (Lipinski definition) is 0. The van der Waals surface area contributed by atoms with Crippen molar-refractivity contribution >= 4 is 5.91 Å². The van der Waals surface area contributed by atoms with Gasteiger partial charge in [0.25, 0.3) is 5.91 Å². The van der Waals surface area contributed by atoms with Crippen LogP contribution in [-0.4, -0.2) is 23.4 Å². The van der Waals surface area contributed by atoms with Crippen LogP contribution in [0.15, 0.2) is 18.2 Å². The van der Waals surface area contributed by atoms with Crippen molar-refractivity contribution in [1.29, 1.82) is 0 Å². The molecule has 2 heteroatoms. The molecule has 0 fully saturated rings. The molecular weight excluding hydrogens is 234 g/mol. The van der Waals surface area contributed by atoms with Crippen LogP contribution in [-0.2, 0) is 5.41 Å². The molecule has 0 saturated heterocycles. The van der Waals surface area contributed by atoms with Gasteiger partial charge >= 0.3 is 0 Å². The Balaban J connectivity index is 3.22. The Morgan fingerprint density at radius 2 is 1.53 bits per heavy atom. The maximum Gasteiger partial charge on any atom is 0.254 e. The van der Waals surface area contributed by atoms with Crippen molar-refractivity contribution in [2.75, 3.05) is 7.05 Å². The summed E-state index contributed by atoms with van der Waals surface area (Å²) in [6.45, 7) is 14.7. The summed E-state index contributed by atoms with van der Waals surface area (Å²) < 4.78 is 0. The molecule has 2 nitrogen and oxygen atoms in total. The van der Waals surface area contributed by atoms with E-state index in [0.29, 0.717) is 0 Å². The molecule has 1 amide bonds. The van der Waals surface area contributed by atoms with E-state index in [4.69, 9.17) is 0 Å². The molecule has 19 heavy (non-hydrogen) atoms. The Labute approximate surface area is 117 Å². The van der Waals surface area contributed by atoms with Crippen molar-refractivity contribution in [2.45, 2.75) is 59.4 Å². The fourth-order valence-electron chi connectivity index (χ4n) is 1.84. The van der Waals surface area contributed by atoms with Gasteiger partial charge in [0.2, 0.25) is 0 Å². The SMILES string of the molecule is Cc1cc(C(=O)N(C)C(C)(C)C)cc(C(C)(C)C)c1. The third-order valence-electron chi connectivity index (χ3n) is 3.50. The molecule has 0 spiro atoms. The molecule has 0 radical (unpaired) electrons. The zero-order valence-corrected chi connectivity index (χ0v) is 13.6. The third-order valence-corrected chi connectivity index (χ3v) is 3.50. The van der Waals surface area contributed by atoms with Gasteiger partial charge in [-0.2, -0.15) is 0 Å². The summed E-state index contributed by atoms with van der Waals surface area (Å²) in [7, 11) is 1.86. The van der Waals surface area contributed by atoms with Crippen LogP contribution in [0.4, 0.5) is 0 Å². The molecule has 0 N–H and O–H groups in total. The first-order chi connectivity index (χ1) is 8.43. The molecule has 0 saturated carbocycles. The first kappa shape index (κ1) is 15.7. The first-order valence-corrected chi connectivity index (χ1v) is 6.83. The summed E-state index contributed by atoms with van der Waals surface area (Å²) in [6.07, 6.45) is 0. The molecule has 1 rings (SSSR count). The number of rotatable bonds is 1. The molecule has 1 aromatic rings. The van der Waals surface area contributed by atoms with Gasteiger partial charge in [0.05, 0.1) is 0 Å². The second-order valence-electron chi connectivity index (χ2n) is 7.37. The van der Waals surface area contributed by atoms with Crippen LogP contribution in [0.1, 0.15) is 63.0 Å². The highest BCUT2D eigenvalue weighted by Gasteiger charge is 2.24. The van der Waals surface area contributed by atoms with Gasteiger partial charge in [0.1, 0.15) is 0 Å². The van der Waals surface area contributed by atoms with Crippen LogP contribution in [0.2, 0.25) is 0 Å². The van der Waals surface area contributed by atoms with Crippen LogP contribution in [0, 0.1) is 6.92 Å². The number of hydrogen-bond acceptors (Lipinski definition) is 1. The molecule has 1 aromatic carbocycles. The molecule has 0 aliphatic rings. The monoisotopic (exact) mass is 261 g/mol. The topological polar surface area (TPSA) is 20.3 Å². The Kier molecular flexibility index (Phi) is 4.14. The molecule has 0 atom stereocenters. The van der Waals surface area contributed by atoms with Crippen LogP contribution >= 0.6 is 0 Å². The molecular formula is C17H27NO. The van der Waals surface area contributed by atoms with Gasteiger partial charge in [-0.3, -0.25) is 4.79 Å². The molecule has 0 aliphatic carbocycles. The van der Waals surface area contributed by atoms with Crippen molar-refractivity contribution in [1.82, 2.24) is 4.90 Å². The zero-order chi connectivity index (χ0) is 15.0. The van der Waals surface area contributed by atoms with Gasteiger partial charge in [0.15, 0.2) is 0 Å². The molecule has 0 unspecified atom stereocenters. The third kappa shape index (κ3) is 3.82. The fraction of sp³-hybridized carbons (Fsp3) is 0.588. The Morgan fingerprint density at radius 1 is 1.00 bits per heavy atom. The summed E-state index contributed by atoms with van der Waals surface area (Å²) in [6, 6.07) is 6.16. The smallest absolute Gasteiger partial charge is 0.254 e. The standard InChI is InChI=1S/C17H27NO/c1-12-9-13(11-14(10-12)16(2,3)4)15(19)18(8)17(5,6)7/h9-11H,1-8H3. The average molecular weight is 261 g/mol. The fourth-order valence-corrected chi connectivity index (χ4v) is 1.84. The van der Waals surface area contributed by atoms with E-state index in [1.165, 1.54) is 5.56 Å². The van der Waals surface area contributed by atoms with E-state index in [2.05, 4.69) is 26.8 Å². The number of carbonyl (C=O) groups is 1. The van der Waals surface area contributed by atoms with E-state index in [1.807, 2.05) is 46.9 Å². The van der Waals surface area contributed by atoms with Gasteiger partial charge in [0, 0.05) is 18.2 Å². The molecule has 0 aliphatic heterocycles. The zero-order valence-electron chi connectivity index (χ0n) is 13.6. The predicted molar refractivity (Wildman–Crippen MR) is 81.7 cm³/mol. The highest BCUT2D eigenvalue weighted by molar-refractivity contribution is 5.95. The van der Waals surface area contributed by atoms with E-state index in [-0.39, 0.29) is 16.9 Å². The molecule has 0 bridgehead atoms. The number of amides is 1. The molecule has 106 valence electrons. The van der Waals surface area contributed by atoms with Crippen molar-refractivity contribution < 1.29 is 4.79 Å². The number of carbonyl (C=O) groups excluding carboxylic acids is 1. The lowest BCUT2D eigenvalue weighted by atomic mass is 9.85.